The summed E-state index contributed by atoms with van der Waals surface area (Å²) in [6, 6.07) is 2.24. The minimum Gasteiger partial charge on any atom is -0.368 e. The molecule has 1 aromatic carbocycles. The van der Waals surface area contributed by atoms with Crippen LogP contribution in [0.5, 0.6) is 0 Å². The monoisotopic (exact) mass is 242 g/mol. The van der Waals surface area contributed by atoms with Crippen LogP contribution in [-0.2, 0) is 4.79 Å². The summed E-state index contributed by atoms with van der Waals surface area (Å²) in [7, 11) is 0. The molecule has 17 heavy (non-hydrogen) atoms. The van der Waals surface area contributed by atoms with Gasteiger partial charge in [0.25, 0.3) is 0 Å². The predicted octanol–water partition coefficient (Wildman–Crippen LogP) is 1.88. The summed E-state index contributed by atoms with van der Waals surface area (Å²) in [5.74, 6) is -2.34. The van der Waals surface area contributed by atoms with Gasteiger partial charge in [0.2, 0.25) is 5.91 Å². The lowest BCUT2D eigenvalue weighted by Crippen LogP contribution is -2.39. The lowest BCUT2D eigenvalue weighted by atomic mass is 10.0. The molecular weight excluding hydrogens is 226 g/mol. The fourth-order valence-corrected chi connectivity index (χ4v) is 1.50. The van der Waals surface area contributed by atoms with Gasteiger partial charge in [-0.3, -0.25) is 10.1 Å². The van der Waals surface area contributed by atoms with Crippen molar-refractivity contribution in [2.75, 3.05) is 0 Å². The molecule has 0 saturated carbocycles. The lowest BCUT2D eigenvalue weighted by molar-refractivity contribution is -0.120. The van der Waals surface area contributed by atoms with Crippen LogP contribution in [0.2, 0.25) is 0 Å². The van der Waals surface area contributed by atoms with Gasteiger partial charge in [-0.1, -0.05) is 13.0 Å². The van der Waals surface area contributed by atoms with Crippen molar-refractivity contribution >= 4 is 5.91 Å². The van der Waals surface area contributed by atoms with Crippen LogP contribution in [-0.4, -0.2) is 11.9 Å². The van der Waals surface area contributed by atoms with E-state index in [0.29, 0.717) is 0 Å². The number of nitrogens with two attached hydrogens (primary N) is 1. The fraction of sp³-hybridized carbons (Fsp3) is 0.417. The van der Waals surface area contributed by atoms with Crippen LogP contribution in [0.3, 0.4) is 0 Å². The van der Waals surface area contributed by atoms with Crippen LogP contribution in [0.4, 0.5) is 8.78 Å². The summed E-state index contributed by atoms with van der Waals surface area (Å²) in [6.45, 7) is 3.71. The molecule has 94 valence electrons. The molecule has 0 aliphatic heterocycles. The molecule has 0 aromatic heterocycles. The molecule has 1 amide bonds. The Morgan fingerprint density at radius 2 is 1.94 bits per heavy atom. The second-order valence-corrected chi connectivity index (χ2v) is 3.95. The summed E-state index contributed by atoms with van der Waals surface area (Å²) in [5, 5.41) is 2.81. The van der Waals surface area contributed by atoms with E-state index in [-0.39, 0.29) is 11.6 Å². The molecule has 5 heteroatoms. The number of primary amides is 1. The maximum absolute atomic E-state index is 13.5. The van der Waals surface area contributed by atoms with Gasteiger partial charge < -0.3 is 5.73 Å². The van der Waals surface area contributed by atoms with Gasteiger partial charge in [0.1, 0.15) is 17.7 Å². The second kappa shape index (κ2) is 5.72. The van der Waals surface area contributed by atoms with Crippen LogP contribution in [0, 0.1) is 11.6 Å². The number of benzene rings is 1. The van der Waals surface area contributed by atoms with Gasteiger partial charge >= 0.3 is 0 Å². The van der Waals surface area contributed by atoms with E-state index in [9.17, 15) is 13.6 Å². The van der Waals surface area contributed by atoms with E-state index in [4.69, 9.17) is 5.73 Å². The quantitative estimate of drug-likeness (QED) is 0.828. The normalized spacial score (nSPS) is 14.4. The zero-order valence-electron chi connectivity index (χ0n) is 9.84. The molecule has 1 rings (SSSR count). The third-order valence-corrected chi connectivity index (χ3v) is 2.64. The van der Waals surface area contributed by atoms with Crippen molar-refractivity contribution in [1.82, 2.24) is 5.32 Å². The molecule has 2 atom stereocenters. The van der Waals surface area contributed by atoms with Crippen molar-refractivity contribution < 1.29 is 13.6 Å². The lowest BCUT2D eigenvalue weighted by Gasteiger charge is -2.21. The number of rotatable bonds is 5. The number of carbonyl (C=O) groups excluding carboxylic acids is 1. The van der Waals surface area contributed by atoms with E-state index in [1.165, 1.54) is 6.07 Å². The maximum atomic E-state index is 13.5. The molecule has 3 nitrogen and oxygen atoms in total. The maximum Gasteiger partial charge on any atom is 0.239 e. The standard InChI is InChI=1S/C12H16F2N2O/c1-3-7(2)16-11(12(15)17)10-8(13)5-4-6-9(10)14/h4-7,11,16H,3H2,1-2H3,(H2,15,17). The first-order valence-corrected chi connectivity index (χ1v) is 5.46. The van der Waals surface area contributed by atoms with E-state index in [0.717, 1.165) is 18.6 Å². The SMILES string of the molecule is CCC(C)NC(C(N)=O)c1c(F)cccc1F. The topological polar surface area (TPSA) is 55.1 Å². The molecule has 0 aliphatic carbocycles. The van der Waals surface area contributed by atoms with Crippen LogP contribution >= 0.6 is 0 Å². The Labute approximate surface area is 99.0 Å². The minimum absolute atomic E-state index is 0.0634. The van der Waals surface area contributed by atoms with Crippen LogP contribution < -0.4 is 11.1 Å². The minimum atomic E-state index is -1.15. The highest BCUT2D eigenvalue weighted by Crippen LogP contribution is 2.21. The highest BCUT2D eigenvalue weighted by atomic mass is 19.1. The van der Waals surface area contributed by atoms with E-state index in [2.05, 4.69) is 5.32 Å². The van der Waals surface area contributed by atoms with Crippen molar-refractivity contribution in [3.63, 3.8) is 0 Å². The van der Waals surface area contributed by atoms with E-state index >= 15 is 0 Å². The smallest absolute Gasteiger partial charge is 0.239 e. The van der Waals surface area contributed by atoms with Gasteiger partial charge in [-0.2, -0.15) is 0 Å². The third kappa shape index (κ3) is 3.23. The second-order valence-electron chi connectivity index (χ2n) is 3.95. The number of halogens is 2. The first kappa shape index (κ1) is 13.6. The third-order valence-electron chi connectivity index (χ3n) is 2.64. The van der Waals surface area contributed by atoms with E-state index in [1.54, 1.807) is 0 Å². The molecule has 0 heterocycles. The number of nitrogens with one attached hydrogen (secondary N) is 1. The summed E-state index contributed by atoms with van der Waals surface area (Å²) in [5.41, 5.74) is 4.86. The predicted molar refractivity (Wildman–Crippen MR) is 61.2 cm³/mol. The number of amides is 1. The van der Waals surface area contributed by atoms with Crippen LogP contribution in [0.15, 0.2) is 18.2 Å². The van der Waals surface area contributed by atoms with E-state index < -0.39 is 23.6 Å². The summed E-state index contributed by atoms with van der Waals surface area (Å²) in [6.07, 6.45) is 0.722. The van der Waals surface area contributed by atoms with Crippen LogP contribution in [0.1, 0.15) is 31.9 Å². The van der Waals surface area contributed by atoms with Gasteiger partial charge in [-0.05, 0) is 25.5 Å². The molecule has 0 aliphatic rings. The molecule has 2 unspecified atom stereocenters. The molecule has 0 saturated heterocycles. The van der Waals surface area contributed by atoms with Gasteiger partial charge in [0, 0.05) is 11.6 Å². The highest BCUT2D eigenvalue weighted by Gasteiger charge is 2.25. The zero-order chi connectivity index (χ0) is 13.0. The summed E-state index contributed by atoms with van der Waals surface area (Å²) in [4.78, 5) is 11.3. The fourth-order valence-electron chi connectivity index (χ4n) is 1.50. The molecular formula is C12H16F2N2O. The van der Waals surface area contributed by atoms with Crippen molar-refractivity contribution in [2.45, 2.75) is 32.4 Å². The Bertz CT molecular complexity index is 389. The van der Waals surface area contributed by atoms with Crippen molar-refractivity contribution in [3.8, 4) is 0 Å². The van der Waals surface area contributed by atoms with Gasteiger partial charge in [-0.25, -0.2) is 8.78 Å². The van der Waals surface area contributed by atoms with Crippen molar-refractivity contribution in [2.24, 2.45) is 5.73 Å². The van der Waals surface area contributed by atoms with Gasteiger partial charge in [-0.15, -0.1) is 0 Å². The molecule has 0 fully saturated rings. The van der Waals surface area contributed by atoms with Gasteiger partial charge in [0.15, 0.2) is 0 Å². The Morgan fingerprint density at radius 1 is 1.41 bits per heavy atom. The molecule has 3 N–H and O–H groups in total. The highest BCUT2D eigenvalue weighted by molar-refractivity contribution is 5.81. The Kier molecular flexibility index (Phi) is 4.57. The van der Waals surface area contributed by atoms with Crippen molar-refractivity contribution in [3.05, 3.63) is 35.4 Å². The number of hydrogen-bond donors (Lipinski definition) is 2. The Morgan fingerprint density at radius 3 is 2.35 bits per heavy atom. The first-order valence-electron chi connectivity index (χ1n) is 5.46. The zero-order valence-corrected chi connectivity index (χ0v) is 9.84. The van der Waals surface area contributed by atoms with Gasteiger partial charge in [0.05, 0.1) is 0 Å². The Balaban J connectivity index is 3.10. The van der Waals surface area contributed by atoms with E-state index in [1.807, 2.05) is 13.8 Å². The molecule has 1 aromatic rings. The largest absolute Gasteiger partial charge is 0.368 e. The van der Waals surface area contributed by atoms with Crippen molar-refractivity contribution in [1.29, 1.82) is 0 Å². The molecule has 0 spiro atoms. The van der Waals surface area contributed by atoms with Crippen LogP contribution in [0.25, 0.3) is 0 Å². The molecule has 0 bridgehead atoms. The average molecular weight is 242 g/mol. The Hall–Kier alpha value is -1.49. The average Bonchev–Trinajstić information content (AvgIpc) is 2.26. The number of hydrogen-bond acceptors (Lipinski definition) is 2. The number of carbonyl (C=O) groups is 1. The molecule has 0 radical (unpaired) electrons. The first-order chi connectivity index (χ1) is 7.97. The summed E-state index contributed by atoms with van der Waals surface area (Å²) >= 11 is 0. The summed E-state index contributed by atoms with van der Waals surface area (Å²) < 4.78 is 27.1.